The lowest BCUT2D eigenvalue weighted by Gasteiger charge is -2.17. The summed E-state index contributed by atoms with van der Waals surface area (Å²) >= 11 is 5.75. The maximum Gasteiger partial charge on any atom is 0.317 e. The van der Waals surface area contributed by atoms with Crippen LogP contribution in [0.1, 0.15) is 12.0 Å². The summed E-state index contributed by atoms with van der Waals surface area (Å²) in [6.45, 7) is 1.60. The highest BCUT2D eigenvalue weighted by atomic mass is 35.5. The van der Waals surface area contributed by atoms with Crippen LogP contribution in [0.4, 0.5) is 4.79 Å². The number of likely N-dealkylation sites (tertiary alicyclic amines) is 1. The number of nitrogens with one attached hydrogen (secondary N) is 1. The van der Waals surface area contributed by atoms with Gasteiger partial charge in [-0.3, -0.25) is 0 Å². The van der Waals surface area contributed by atoms with E-state index in [9.17, 15) is 4.79 Å². The third kappa shape index (κ3) is 4.73. The quantitative estimate of drug-likeness (QED) is 0.884. The number of halogens is 1. The number of urea groups is 1. The molecule has 7 nitrogen and oxygen atoms in total. The number of amides is 2. The number of benzene rings is 1. The van der Waals surface area contributed by atoms with Crippen molar-refractivity contribution in [1.29, 1.82) is 0 Å². The van der Waals surface area contributed by atoms with Crippen molar-refractivity contribution >= 4 is 17.6 Å². The topological polar surface area (TPSA) is 76.6 Å². The van der Waals surface area contributed by atoms with Crippen LogP contribution in [-0.4, -0.2) is 47.2 Å². The van der Waals surface area contributed by atoms with Gasteiger partial charge in [0.1, 0.15) is 11.9 Å². The van der Waals surface area contributed by atoms with Crippen molar-refractivity contribution in [2.24, 2.45) is 0 Å². The van der Waals surface area contributed by atoms with Gasteiger partial charge in [-0.2, -0.15) is 0 Å². The summed E-state index contributed by atoms with van der Waals surface area (Å²) < 4.78 is 10.8. The maximum atomic E-state index is 12.3. The number of hydrogen-bond acceptors (Lipinski definition) is 5. The van der Waals surface area contributed by atoms with E-state index in [-0.39, 0.29) is 18.1 Å². The molecule has 1 aliphatic rings. The number of aromatic nitrogens is 2. The fourth-order valence-corrected chi connectivity index (χ4v) is 2.65. The van der Waals surface area contributed by atoms with Crippen LogP contribution in [0.25, 0.3) is 0 Å². The van der Waals surface area contributed by atoms with Gasteiger partial charge in [-0.15, -0.1) is 0 Å². The largest absolute Gasteiger partial charge is 0.497 e. The second kappa shape index (κ2) is 8.02. The number of ether oxygens (including phenoxy) is 2. The Morgan fingerprint density at radius 3 is 2.72 bits per heavy atom. The lowest BCUT2D eigenvalue weighted by atomic mass is 10.2. The Morgan fingerprint density at radius 2 is 2.04 bits per heavy atom. The van der Waals surface area contributed by atoms with E-state index in [4.69, 9.17) is 21.1 Å². The smallest absolute Gasteiger partial charge is 0.317 e. The van der Waals surface area contributed by atoms with Gasteiger partial charge in [0.25, 0.3) is 0 Å². The van der Waals surface area contributed by atoms with Crippen LogP contribution >= 0.6 is 11.6 Å². The van der Waals surface area contributed by atoms with Crippen molar-refractivity contribution in [1.82, 2.24) is 20.2 Å². The molecule has 1 aromatic carbocycles. The van der Waals surface area contributed by atoms with Gasteiger partial charge in [-0.05, 0) is 17.7 Å². The van der Waals surface area contributed by atoms with Gasteiger partial charge >= 0.3 is 12.0 Å². The molecule has 0 unspecified atom stereocenters. The Labute approximate surface area is 150 Å². The third-order valence-corrected chi connectivity index (χ3v) is 4.10. The summed E-state index contributed by atoms with van der Waals surface area (Å²) in [7, 11) is 1.62. The van der Waals surface area contributed by atoms with Gasteiger partial charge in [0, 0.05) is 19.5 Å². The van der Waals surface area contributed by atoms with Crippen LogP contribution in [0.3, 0.4) is 0 Å². The molecule has 2 aromatic rings. The lowest BCUT2D eigenvalue weighted by Crippen LogP contribution is -2.39. The lowest BCUT2D eigenvalue weighted by molar-refractivity contribution is 0.178. The van der Waals surface area contributed by atoms with Crippen LogP contribution in [0.5, 0.6) is 11.8 Å². The molecule has 25 heavy (non-hydrogen) atoms. The number of hydrogen-bond donors (Lipinski definition) is 1. The molecule has 132 valence electrons. The van der Waals surface area contributed by atoms with Gasteiger partial charge < -0.3 is 19.7 Å². The zero-order valence-electron chi connectivity index (χ0n) is 13.8. The van der Waals surface area contributed by atoms with E-state index < -0.39 is 0 Å². The Hall–Kier alpha value is -2.54. The second-order valence-electron chi connectivity index (χ2n) is 5.67. The van der Waals surface area contributed by atoms with Crippen molar-refractivity contribution in [3.8, 4) is 11.8 Å². The minimum atomic E-state index is -0.118. The van der Waals surface area contributed by atoms with Crippen molar-refractivity contribution in [3.05, 3.63) is 47.2 Å². The van der Waals surface area contributed by atoms with Gasteiger partial charge in [0.2, 0.25) is 0 Å². The fraction of sp³-hybridized carbons (Fsp3) is 0.353. The average molecular weight is 363 g/mol. The van der Waals surface area contributed by atoms with E-state index in [1.54, 1.807) is 12.0 Å². The highest BCUT2D eigenvalue weighted by Gasteiger charge is 2.28. The van der Waals surface area contributed by atoms with Crippen LogP contribution < -0.4 is 14.8 Å². The summed E-state index contributed by atoms with van der Waals surface area (Å²) in [6, 6.07) is 7.74. The zero-order chi connectivity index (χ0) is 17.6. The summed E-state index contributed by atoms with van der Waals surface area (Å²) in [5.74, 6) is 0.791. The molecular formula is C17H19ClN4O3. The summed E-state index contributed by atoms with van der Waals surface area (Å²) in [5, 5.41) is 3.37. The van der Waals surface area contributed by atoms with Gasteiger partial charge in [0.05, 0.1) is 31.1 Å². The van der Waals surface area contributed by atoms with Crippen molar-refractivity contribution in [2.75, 3.05) is 20.2 Å². The molecule has 8 heteroatoms. The molecular weight excluding hydrogens is 344 g/mol. The molecule has 2 amide bonds. The first-order valence-electron chi connectivity index (χ1n) is 7.94. The van der Waals surface area contributed by atoms with Gasteiger partial charge in [-0.1, -0.05) is 23.7 Å². The summed E-state index contributed by atoms with van der Waals surface area (Å²) in [4.78, 5) is 22.0. The number of carbonyl (C=O) groups excluding carboxylic acids is 1. The van der Waals surface area contributed by atoms with Crippen LogP contribution in [0, 0.1) is 0 Å². The fourth-order valence-electron chi connectivity index (χ4n) is 2.55. The predicted molar refractivity (Wildman–Crippen MR) is 92.9 cm³/mol. The van der Waals surface area contributed by atoms with E-state index in [1.165, 1.54) is 12.4 Å². The Kier molecular flexibility index (Phi) is 5.55. The third-order valence-electron chi connectivity index (χ3n) is 3.90. The van der Waals surface area contributed by atoms with E-state index in [2.05, 4.69) is 15.3 Å². The molecule has 2 heterocycles. The van der Waals surface area contributed by atoms with Crippen LogP contribution in [0.2, 0.25) is 5.02 Å². The maximum absolute atomic E-state index is 12.3. The SMILES string of the molecule is COc1ccc(CNC(=O)N2CC[C@@H](Oc3ncc(Cl)cn3)C2)cc1. The molecule has 1 aromatic heterocycles. The van der Waals surface area contributed by atoms with E-state index in [0.29, 0.717) is 24.7 Å². The zero-order valence-corrected chi connectivity index (χ0v) is 14.6. The number of methoxy groups -OCH3 is 1. The molecule has 0 saturated carbocycles. The number of carbonyl (C=O) groups is 1. The Bertz CT molecular complexity index is 709. The average Bonchev–Trinajstić information content (AvgIpc) is 3.10. The summed E-state index contributed by atoms with van der Waals surface area (Å²) in [6.07, 6.45) is 3.59. The van der Waals surface area contributed by atoms with Crippen LogP contribution in [0.15, 0.2) is 36.7 Å². The minimum absolute atomic E-state index is 0.112. The first-order valence-corrected chi connectivity index (χ1v) is 8.32. The standard InChI is InChI=1S/C17H19ClN4O3/c1-24-14-4-2-12(3-5-14)8-21-17(23)22-7-6-15(11-22)25-16-19-9-13(18)10-20-16/h2-5,9-10,15H,6-8,11H2,1H3,(H,21,23)/t15-/m1/s1. The van der Waals surface area contributed by atoms with E-state index >= 15 is 0 Å². The highest BCUT2D eigenvalue weighted by Crippen LogP contribution is 2.16. The molecule has 1 aliphatic heterocycles. The minimum Gasteiger partial charge on any atom is -0.497 e. The molecule has 1 saturated heterocycles. The summed E-state index contributed by atoms with van der Waals surface area (Å²) in [5.41, 5.74) is 1.01. The number of rotatable bonds is 5. The van der Waals surface area contributed by atoms with Crippen molar-refractivity contribution < 1.29 is 14.3 Å². The predicted octanol–water partition coefficient (Wildman–Crippen LogP) is 2.50. The van der Waals surface area contributed by atoms with Crippen molar-refractivity contribution in [3.63, 3.8) is 0 Å². The molecule has 3 rings (SSSR count). The first kappa shape index (κ1) is 17.3. The molecule has 1 fully saturated rings. The molecule has 0 bridgehead atoms. The van der Waals surface area contributed by atoms with E-state index in [1.807, 2.05) is 24.3 Å². The Balaban J connectivity index is 1.46. The monoisotopic (exact) mass is 362 g/mol. The Morgan fingerprint density at radius 1 is 1.32 bits per heavy atom. The second-order valence-corrected chi connectivity index (χ2v) is 6.10. The van der Waals surface area contributed by atoms with E-state index in [0.717, 1.165) is 17.7 Å². The van der Waals surface area contributed by atoms with Gasteiger partial charge in [-0.25, -0.2) is 14.8 Å². The molecule has 1 N–H and O–H groups in total. The normalized spacial score (nSPS) is 16.6. The molecule has 0 radical (unpaired) electrons. The molecule has 1 atom stereocenters. The first-order chi connectivity index (χ1) is 12.1. The van der Waals surface area contributed by atoms with Crippen molar-refractivity contribution in [2.45, 2.75) is 19.1 Å². The number of nitrogens with zero attached hydrogens (tertiary/aromatic N) is 3. The highest BCUT2D eigenvalue weighted by molar-refractivity contribution is 6.30. The molecule has 0 aliphatic carbocycles. The molecule has 0 spiro atoms. The van der Waals surface area contributed by atoms with Crippen LogP contribution in [-0.2, 0) is 6.54 Å². The van der Waals surface area contributed by atoms with Gasteiger partial charge in [0.15, 0.2) is 0 Å².